The van der Waals surface area contributed by atoms with Crippen LogP contribution in [0.5, 0.6) is 0 Å². The predicted molar refractivity (Wildman–Crippen MR) is 93.6 cm³/mol. The van der Waals surface area contributed by atoms with Crippen LogP contribution >= 0.6 is 0 Å². The number of methoxy groups -OCH3 is 1. The SMILES string of the molecule is COC(=O)[C@@H]1CCCN2C(=O)CC[C@H](N3C(=O)c4ccccc4C3=O)C(=O)N12. The first kappa shape index (κ1) is 18.1. The van der Waals surface area contributed by atoms with Crippen LogP contribution < -0.4 is 0 Å². The summed E-state index contributed by atoms with van der Waals surface area (Å²) in [7, 11) is 1.22. The number of rotatable bonds is 2. The lowest BCUT2D eigenvalue weighted by atomic mass is 10.1. The van der Waals surface area contributed by atoms with Crippen molar-refractivity contribution in [2.45, 2.75) is 37.8 Å². The first-order valence-electron chi connectivity index (χ1n) is 9.13. The molecule has 2 fully saturated rings. The first-order valence-corrected chi connectivity index (χ1v) is 9.13. The minimum atomic E-state index is -1.15. The Morgan fingerprint density at radius 2 is 1.68 bits per heavy atom. The molecule has 3 heterocycles. The highest BCUT2D eigenvalue weighted by atomic mass is 16.5. The number of carbonyl (C=O) groups is 5. The van der Waals surface area contributed by atoms with E-state index in [1.165, 1.54) is 24.3 Å². The van der Waals surface area contributed by atoms with E-state index in [1.807, 2.05) is 0 Å². The molecule has 0 saturated carbocycles. The zero-order valence-corrected chi connectivity index (χ0v) is 15.3. The molecule has 28 heavy (non-hydrogen) atoms. The van der Waals surface area contributed by atoms with Crippen molar-refractivity contribution in [3.05, 3.63) is 35.4 Å². The van der Waals surface area contributed by atoms with E-state index >= 15 is 0 Å². The number of benzene rings is 1. The van der Waals surface area contributed by atoms with Crippen LogP contribution in [0, 0.1) is 0 Å². The van der Waals surface area contributed by atoms with E-state index in [0.717, 1.165) is 9.91 Å². The number of hydrogen-bond donors (Lipinski definition) is 0. The molecule has 3 aliphatic rings. The maximum absolute atomic E-state index is 13.4. The van der Waals surface area contributed by atoms with Crippen molar-refractivity contribution >= 4 is 29.6 Å². The molecule has 4 rings (SSSR count). The lowest BCUT2D eigenvalue weighted by molar-refractivity contribution is -0.182. The zero-order valence-electron chi connectivity index (χ0n) is 15.3. The van der Waals surface area contributed by atoms with Crippen molar-refractivity contribution < 1.29 is 28.7 Å². The summed E-state index contributed by atoms with van der Waals surface area (Å²) in [5.41, 5.74) is 0.465. The van der Waals surface area contributed by atoms with Gasteiger partial charge in [0.05, 0.1) is 18.2 Å². The number of carbonyl (C=O) groups excluding carboxylic acids is 5. The second-order valence-corrected chi connectivity index (χ2v) is 6.96. The number of imide groups is 1. The fourth-order valence-electron chi connectivity index (χ4n) is 4.10. The monoisotopic (exact) mass is 385 g/mol. The summed E-state index contributed by atoms with van der Waals surface area (Å²) in [4.78, 5) is 64.7. The summed E-state index contributed by atoms with van der Waals surface area (Å²) in [6.07, 6.45) is 0.905. The highest BCUT2D eigenvalue weighted by Crippen LogP contribution is 2.31. The lowest BCUT2D eigenvalue weighted by Gasteiger charge is -2.42. The van der Waals surface area contributed by atoms with E-state index in [9.17, 15) is 24.0 Å². The largest absolute Gasteiger partial charge is 0.467 e. The molecule has 146 valence electrons. The molecule has 2 atom stereocenters. The maximum Gasteiger partial charge on any atom is 0.330 e. The molecule has 0 aromatic heterocycles. The number of ether oxygens (including phenoxy) is 1. The van der Waals surface area contributed by atoms with E-state index in [-0.39, 0.29) is 29.9 Å². The minimum absolute atomic E-state index is 0.00575. The molecule has 0 unspecified atom stereocenters. The van der Waals surface area contributed by atoms with Crippen LogP contribution in [0.1, 0.15) is 46.4 Å². The Balaban J connectivity index is 1.72. The Morgan fingerprint density at radius 1 is 1.04 bits per heavy atom. The fourth-order valence-corrected chi connectivity index (χ4v) is 4.10. The molecular formula is C19H19N3O6. The third kappa shape index (κ3) is 2.57. The van der Waals surface area contributed by atoms with Crippen LogP contribution in [0.15, 0.2) is 24.3 Å². The Labute approximate surface area is 160 Å². The van der Waals surface area contributed by atoms with E-state index in [1.54, 1.807) is 12.1 Å². The van der Waals surface area contributed by atoms with Crippen molar-refractivity contribution in [2.75, 3.05) is 13.7 Å². The van der Waals surface area contributed by atoms with E-state index < -0.39 is 35.8 Å². The Kier molecular flexibility index (Phi) is 4.37. The topological polar surface area (TPSA) is 104 Å². The third-order valence-corrected chi connectivity index (χ3v) is 5.44. The van der Waals surface area contributed by atoms with Gasteiger partial charge in [-0.05, 0) is 31.4 Å². The van der Waals surface area contributed by atoms with Gasteiger partial charge in [0.25, 0.3) is 17.7 Å². The van der Waals surface area contributed by atoms with Gasteiger partial charge in [-0.2, -0.15) is 0 Å². The van der Waals surface area contributed by atoms with Gasteiger partial charge < -0.3 is 4.74 Å². The van der Waals surface area contributed by atoms with Gasteiger partial charge >= 0.3 is 5.97 Å². The van der Waals surface area contributed by atoms with Crippen LogP contribution in [-0.4, -0.2) is 70.3 Å². The average molecular weight is 385 g/mol. The molecule has 2 saturated heterocycles. The molecule has 9 heteroatoms. The second kappa shape index (κ2) is 6.74. The molecule has 9 nitrogen and oxygen atoms in total. The molecule has 1 aromatic carbocycles. The van der Waals surface area contributed by atoms with E-state index in [0.29, 0.717) is 19.4 Å². The van der Waals surface area contributed by atoms with Crippen molar-refractivity contribution in [1.29, 1.82) is 0 Å². The summed E-state index contributed by atoms with van der Waals surface area (Å²) in [6.45, 7) is 0.299. The molecule has 0 bridgehead atoms. The summed E-state index contributed by atoms with van der Waals surface area (Å²) in [5.74, 6) is -2.69. The standard InChI is InChI=1S/C19H19N3O6/c1-28-19(27)14-7-4-10-20-15(23)9-8-13(18(26)22(14)20)21-16(24)11-5-2-3-6-12(11)17(21)25/h2-3,5-6,13-14H,4,7-10H2,1H3/t13-,14-/m0/s1. The van der Waals surface area contributed by atoms with Gasteiger partial charge in [-0.15, -0.1) is 0 Å². The van der Waals surface area contributed by atoms with Crippen LogP contribution in [0.2, 0.25) is 0 Å². The van der Waals surface area contributed by atoms with E-state index in [4.69, 9.17) is 4.74 Å². The van der Waals surface area contributed by atoms with Crippen LogP contribution in [0.25, 0.3) is 0 Å². The average Bonchev–Trinajstić information content (AvgIpc) is 2.89. The third-order valence-electron chi connectivity index (χ3n) is 5.44. The molecule has 1 aromatic rings. The van der Waals surface area contributed by atoms with Crippen molar-refractivity contribution in [3.8, 4) is 0 Å². The van der Waals surface area contributed by atoms with Gasteiger partial charge in [-0.1, -0.05) is 12.1 Å². The van der Waals surface area contributed by atoms with Gasteiger partial charge in [0.2, 0.25) is 5.91 Å². The summed E-state index contributed by atoms with van der Waals surface area (Å²) in [5, 5.41) is 2.35. The highest BCUT2D eigenvalue weighted by Gasteiger charge is 2.50. The van der Waals surface area contributed by atoms with Crippen LogP contribution in [0.4, 0.5) is 0 Å². The first-order chi connectivity index (χ1) is 13.5. The quantitative estimate of drug-likeness (QED) is 0.538. The zero-order chi connectivity index (χ0) is 20.0. The molecule has 3 aliphatic heterocycles. The fraction of sp³-hybridized carbons (Fsp3) is 0.421. The molecule has 4 amide bonds. The highest BCUT2D eigenvalue weighted by molar-refractivity contribution is 6.23. The van der Waals surface area contributed by atoms with Crippen molar-refractivity contribution in [3.63, 3.8) is 0 Å². The van der Waals surface area contributed by atoms with Gasteiger partial charge in [0, 0.05) is 13.0 Å². The number of esters is 1. The normalized spacial score (nSPS) is 24.8. The molecule has 0 radical (unpaired) electrons. The molecule has 0 aliphatic carbocycles. The maximum atomic E-state index is 13.4. The van der Waals surface area contributed by atoms with Gasteiger partial charge in [0.1, 0.15) is 6.04 Å². The van der Waals surface area contributed by atoms with Crippen LogP contribution in [-0.2, 0) is 19.1 Å². The Bertz CT molecular complexity index is 862. The van der Waals surface area contributed by atoms with Crippen molar-refractivity contribution in [1.82, 2.24) is 14.9 Å². The summed E-state index contributed by atoms with van der Waals surface area (Å²) in [6, 6.07) is 4.26. The number of hydrazine groups is 1. The Morgan fingerprint density at radius 3 is 2.29 bits per heavy atom. The summed E-state index contributed by atoms with van der Waals surface area (Å²) >= 11 is 0. The molecule has 0 spiro atoms. The molecule has 0 N–H and O–H groups in total. The second-order valence-electron chi connectivity index (χ2n) is 6.96. The summed E-state index contributed by atoms with van der Waals surface area (Å²) < 4.78 is 4.80. The van der Waals surface area contributed by atoms with E-state index in [2.05, 4.69) is 0 Å². The smallest absolute Gasteiger partial charge is 0.330 e. The Hall–Kier alpha value is -3.23. The molecular weight excluding hydrogens is 366 g/mol. The number of nitrogens with zero attached hydrogens (tertiary/aromatic N) is 3. The minimum Gasteiger partial charge on any atom is -0.467 e. The van der Waals surface area contributed by atoms with Gasteiger partial charge in [0.15, 0.2) is 6.04 Å². The number of amides is 4. The van der Waals surface area contributed by atoms with Crippen LogP contribution in [0.3, 0.4) is 0 Å². The predicted octanol–water partition coefficient (Wildman–Crippen LogP) is 0.353. The van der Waals surface area contributed by atoms with Crippen molar-refractivity contribution in [2.24, 2.45) is 0 Å². The van der Waals surface area contributed by atoms with Gasteiger partial charge in [-0.25, -0.2) is 9.80 Å². The van der Waals surface area contributed by atoms with Gasteiger partial charge in [-0.3, -0.25) is 29.1 Å². The lowest BCUT2D eigenvalue weighted by Crippen LogP contribution is -2.62. The number of fused-ring (bicyclic) bond motifs is 2. The number of hydrogen-bond acceptors (Lipinski definition) is 6.